The molecule has 0 saturated carbocycles. The van der Waals surface area contributed by atoms with Gasteiger partial charge in [0.15, 0.2) is 11.2 Å². The molecule has 13 heteroatoms. The Morgan fingerprint density at radius 1 is 1.13 bits per heavy atom. The SMILES string of the molecule is Cn1cnc2c1c(=O)n(CC(=O)Nc1ccccc1C(=O)NCC(F)(F)F)c(=O)n2C. The van der Waals surface area contributed by atoms with Crippen molar-refractivity contribution >= 4 is 28.7 Å². The molecule has 2 heterocycles. The first kappa shape index (κ1) is 21.8. The monoisotopic (exact) mass is 438 g/mol. The van der Waals surface area contributed by atoms with Crippen LogP contribution < -0.4 is 21.9 Å². The Hall–Kier alpha value is -3.90. The summed E-state index contributed by atoms with van der Waals surface area (Å²) in [7, 11) is 2.95. The third-order valence-corrected chi connectivity index (χ3v) is 4.40. The van der Waals surface area contributed by atoms with E-state index in [0.29, 0.717) is 4.57 Å². The maximum absolute atomic E-state index is 12.7. The molecule has 0 radical (unpaired) electrons. The molecule has 2 N–H and O–H groups in total. The predicted molar refractivity (Wildman–Crippen MR) is 104 cm³/mol. The second kappa shape index (κ2) is 8.08. The summed E-state index contributed by atoms with van der Waals surface area (Å²) in [4.78, 5) is 53.7. The van der Waals surface area contributed by atoms with E-state index in [0.717, 1.165) is 4.57 Å². The van der Waals surface area contributed by atoms with Gasteiger partial charge in [-0.05, 0) is 12.1 Å². The predicted octanol–water partition coefficient (Wildman–Crippen LogP) is 0.364. The number of aryl methyl sites for hydroxylation is 2. The second-order valence-electron chi connectivity index (χ2n) is 6.65. The van der Waals surface area contributed by atoms with Crippen LogP contribution in [0.15, 0.2) is 40.2 Å². The molecule has 0 aliphatic carbocycles. The summed E-state index contributed by atoms with van der Waals surface area (Å²) in [6.45, 7) is -2.21. The van der Waals surface area contributed by atoms with Gasteiger partial charge in [0.25, 0.3) is 11.5 Å². The Balaban J connectivity index is 1.86. The molecule has 0 saturated heterocycles. The number of hydrogen-bond donors (Lipinski definition) is 2. The number of alkyl halides is 3. The Morgan fingerprint density at radius 2 is 1.81 bits per heavy atom. The Bertz CT molecular complexity index is 1290. The van der Waals surface area contributed by atoms with Crippen LogP contribution in [0.4, 0.5) is 18.9 Å². The zero-order valence-electron chi connectivity index (χ0n) is 16.4. The number of anilines is 1. The van der Waals surface area contributed by atoms with Crippen molar-refractivity contribution in [2.75, 3.05) is 11.9 Å². The van der Waals surface area contributed by atoms with Gasteiger partial charge in [-0.3, -0.25) is 19.0 Å². The number of para-hydroxylation sites is 1. The lowest BCUT2D eigenvalue weighted by Crippen LogP contribution is -2.42. The molecule has 2 aromatic heterocycles. The molecule has 0 aliphatic heterocycles. The molecule has 1 aromatic carbocycles. The second-order valence-corrected chi connectivity index (χ2v) is 6.65. The molecule has 3 rings (SSSR count). The van der Waals surface area contributed by atoms with Gasteiger partial charge in [0.1, 0.15) is 13.1 Å². The number of carbonyl (C=O) groups is 2. The molecule has 31 heavy (non-hydrogen) atoms. The average molecular weight is 438 g/mol. The van der Waals surface area contributed by atoms with Crippen LogP contribution >= 0.6 is 0 Å². The molecular formula is C18H17F3N6O4. The van der Waals surface area contributed by atoms with Crippen LogP contribution in [0.1, 0.15) is 10.4 Å². The number of fused-ring (bicyclic) bond motifs is 1. The third kappa shape index (κ3) is 4.49. The van der Waals surface area contributed by atoms with Gasteiger partial charge < -0.3 is 15.2 Å². The standard InChI is InChI=1S/C18H17F3N6O4/c1-25-9-23-14-13(25)16(30)27(17(31)26(14)2)7-12(28)24-11-6-4-3-5-10(11)15(29)22-8-18(19,20)21/h3-6,9H,7-8H2,1-2H3,(H,22,29)(H,24,28). The smallest absolute Gasteiger partial charge is 0.343 e. The number of halogens is 3. The van der Waals surface area contributed by atoms with Gasteiger partial charge in [0.05, 0.1) is 17.6 Å². The van der Waals surface area contributed by atoms with Crippen molar-refractivity contribution in [1.82, 2.24) is 24.0 Å². The van der Waals surface area contributed by atoms with Crippen molar-refractivity contribution in [3.63, 3.8) is 0 Å². The average Bonchev–Trinajstić information content (AvgIpc) is 3.09. The topological polar surface area (TPSA) is 120 Å². The largest absolute Gasteiger partial charge is 0.405 e. The minimum atomic E-state index is -4.60. The summed E-state index contributed by atoms with van der Waals surface area (Å²) in [5.41, 5.74) is -1.52. The van der Waals surface area contributed by atoms with E-state index in [1.54, 1.807) is 12.4 Å². The number of nitrogens with one attached hydrogen (secondary N) is 2. The number of imidazole rings is 1. The summed E-state index contributed by atoms with van der Waals surface area (Å²) < 4.78 is 40.3. The minimum absolute atomic E-state index is 0.0707. The Kier molecular flexibility index (Phi) is 5.69. The van der Waals surface area contributed by atoms with Crippen molar-refractivity contribution < 1.29 is 22.8 Å². The first-order valence-electron chi connectivity index (χ1n) is 8.84. The fraction of sp³-hybridized carbons (Fsp3) is 0.278. The van der Waals surface area contributed by atoms with Crippen LogP contribution in [-0.2, 0) is 25.4 Å². The van der Waals surface area contributed by atoms with E-state index >= 15 is 0 Å². The van der Waals surface area contributed by atoms with Gasteiger partial charge in [-0.1, -0.05) is 12.1 Å². The first-order valence-corrected chi connectivity index (χ1v) is 8.84. The first-order chi connectivity index (χ1) is 14.5. The summed E-state index contributed by atoms with van der Waals surface area (Å²) in [5, 5.41) is 4.07. The molecule has 0 aliphatic rings. The normalized spacial score (nSPS) is 11.5. The van der Waals surface area contributed by atoms with Crippen molar-refractivity contribution in [2.45, 2.75) is 12.7 Å². The highest BCUT2D eigenvalue weighted by Crippen LogP contribution is 2.17. The van der Waals surface area contributed by atoms with Crippen LogP contribution in [0.3, 0.4) is 0 Å². The van der Waals surface area contributed by atoms with Crippen LogP contribution in [0.25, 0.3) is 11.2 Å². The van der Waals surface area contributed by atoms with E-state index in [-0.39, 0.29) is 22.4 Å². The molecule has 0 bridgehead atoms. The van der Waals surface area contributed by atoms with E-state index in [2.05, 4.69) is 10.3 Å². The molecule has 0 atom stereocenters. The zero-order valence-corrected chi connectivity index (χ0v) is 16.4. The summed E-state index contributed by atoms with van der Waals surface area (Å²) in [5.74, 6) is -1.87. The van der Waals surface area contributed by atoms with Crippen molar-refractivity contribution in [1.29, 1.82) is 0 Å². The maximum Gasteiger partial charge on any atom is 0.405 e. The Labute approximate surface area is 171 Å². The van der Waals surface area contributed by atoms with Crippen LogP contribution in [0, 0.1) is 0 Å². The maximum atomic E-state index is 12.7. The summed E-state index contributed by atoms with van der Waals surface area (Å²) >= 11 is 0. The highest BCUT2D eigenvalue weighted by molar-refractivity contribution is 6.03. The summed E-state index contributed by atoms with van der Waals surface area (Å²) in [6.07, 6.45) is -3.24. The molecule has 0 unspecified atom stereocenters. The van der Waals surface area contributed by atoms with Crippen molar-refractivity contribution in [3.8, 4) is 0 Å². The van der Waals surface area contributed by atoms with Gasteiger partial charge in [0, 0.05) is 14.1 Å². The number of nitrogens with zero attached hydrogens (tertiary/aromatic N) is 4. The van der Waals surface area contributed by atoms with Crippen LogP contribution in [0.5, 0.6) is 0 Å². The van der Waals surface area contributed by atoms with Crippen LogP contribution in [-0.4, -0.2) is 43.2 Å². The van der Waals surface area contributed by atoms with Crippen molar-refractivity contribution in [2.24, 2.45) is 14.1 Å². The fourth-order valence-corrected chi connectivity index (χ4v) is 2.93. The lowest BCUT2D eigenvalue weighted by molar-refractivity contribution is -0.123. The van der Waals surface area contributed by atoms with Gasteiger partial charge in [-0.2, -0.15) is 13.2 Å². The summed E-state index contributed by atoms with van der Waals surface area (Å²) in [6, 6.07) is 5.41. The van der Waals surface area contributed by atoms with E-state index in [1.807, 2.05) is 0 Å². The minimum Gasteiger partial charge on any atom is -0.343 e. The zero-order chi connectivity index (χ0) is 22.9. The number of aromatic nitrogens is 4. The molecule has 164 valence electrons. The Morgan fingerprint density at radius 3 is 2.48 bits per heavy atom. The molecule has 0 spiro atoms. The van der Waals surface area contributed by atoms with Gasteiger partial charge in [-0.25, -0.2) is 14.3 Å². The highest BCUT2D eigenvalue weighted by atomic mass is 19.4. The van der Waals surface area contributed by atoms with Crippen LogP contribution in [0.2, 0.25) is 0 Å². The number of rotatable bonds is 5. The van der Waals surface area contributed by atoms with E-state index in [1.165, 1.54) is 42.2 Å². The van der Waals surface area contributed by atoms with Gasteiger partial charge in [0.2, 0.25) is 5.91 Å². The van der Waals surface area contributed by atoms with E-state index in [4.69, 9.17) is 0 Å². The number of carbonyl (C=O) groups excluding carboxylic acids is 2. The number of benzene rings is 1. The third-order valence-electron chi connectivity index (χ3n) is 4.40. The molecule has 0 fully saturated rings. The molecular weight excluding hydrogens is 421 g/mol. The molecule has 3 aromatic rings. The highest BCUT2D eigenvalue weighted by Gasteiger charge is 2.28. The van der Waals surface area contributed by atoms with Gasteiger partial charge in [-0.15, -0.1) is 0 Å². The van der Waals surface area contributed by atoms with Gasteiger partial charge >= 0.3 is 11.9 Å². The quantitative estimate of drug-likeness (QED) is 0.596. The molecule has 2 amide bonds. The lowest BCUT2D eigenvalue weighted by atomic mass is 10.1. The van der Waals surface area contributed by atoms with E-state index in [9.17, 15) is 32.3 Å². The number of hydrogen-bond acceptors (Lipinski definition) is 5. The lowest BCUT2D eigenvalue weighted by Gasteiger charge is -2.13. The van der Waals surface area contributed by atoms with E-state index < -0.39 is 42.3 Å². The number of amides is 2. The van der Waals surface area contributed by atoms with Crippen molar-refractivity contribution in [3.05, 3.63) is 57.0 Å². The fourth-order valence-electron chi connectivity index (χ4n) is 2.93. The molecule has 10 nitrogen and oxygen atoms in total.